The van der Waals surface area contributed by atoms with E-state index in [2.05, 4.69) is 27.4 Å². The molecule has 2 heterocycles. The fraction of sp³-hybridized carbons (Fsp3) is 0.542. The summed E-state index contributed by atoms with van der Waals surface area (Å²) in [5.41, 5.74) is 8.66. The van der Waals surface area contributed by atoms with Crippen LogP contribution >= 0.6 is 0 Å². The standard InChI is InChI=1S/C24H31N5O2/c25-21-20-22(28-24(27-21)26-13-12-16-6-7-16)31-15-14-29(23(20)30)19-10-8-18(9-11-19)17-4-2-1-3-5-17/h8-11,16-17H,1-7,12-15H2,(H3,25,26,27,28). The molecule has 0 atom stereocenters. The lowest BCUT2D eigenvalue weighted by molar-refractivity contribution is 0.0990. The number of fused-ring (bicyclic) bond motifs is 1. The Morgan fingerprint density at radius 2 is 1.84 bits per heavy atom. The minimum atomic E-state index is -0.208. The van der Waals surface area contributed by atoms with Crippen molar-refractivity contribution >= 4 is 23.4 Å². The van der Waals surface area contributed by atoms with Gasteiger partial charge in [0.2, 0.25) is 11.8 Å². The Hall–Kier alpha value is -2.83. The van der Waals surface area contributed by atoms with E-state index in [0.29, 0.717) is 25.0 Å². The second kappa shape index (κ2) is 8.73. The van der Waals surface area contributed by atoms with Gasteiger partial charge in [0.05, 0.1) is 6.54 Å². The maximum absolute atomic E-state index is 13.3. The van der Waals surface area contributed by atoms with Gasteiger partial charge in [0.15, 0.2) is 0 Å². The Morgan fingerprint density at radius 1 is 1.06 bits per heavy atom. The molecule has 0 radical (unpaired) electrons. The number of nitrogens with one attached hydrogen (secondary N) is 1. The Morgan fingerprint density at radius 3 is 2.58 bits per heavy atom. The average Bonchev–Trinajstić information content (AvgIpc) is 3.62. The molecule has 2 aliphatic carbocycles. The minimum Gasteiger partial charge on any atom is -0.475 e. The van der Waals surface area contributed by atoms with Gasteiger partial charge < -0.3 is 20.7 Å². The average molecular weight is 422 g/mol. The number of nitrogens with zero attached hydrogens (tertiary/aromatic N) is 3. The fourth-order valence-electron chi connectivity index (χ4n) is 4.71. The summed E-state index contributed by atoms with van der Waals surface area (Å²) in [5, 5.41) is 3.22. The quantitative estimate of drug-likeness (QED) is 0.720. The third kappa shape index (κ3) is 4.45. The third-order valence-corrected chi connectivity index (χ3v) is 6.73. The number of anilines is 3. The Kier molecular flexibility index (Phi) is 5.66. The molecule has 1 amide bonds. The topological polar surface area (TPSA) is 93.4 Å². The molecule has 0 unspecified atom stereocenters. The van der Waals surface area contributed by atoms with Gasteiger partial charge in [-0.25, -0.2) is 0 Å². The first kappa shape index (κ1) is 20.1. The van der Waals surface area contributed by atoms with Crippen molar-refractivity contribution in [1.82, 2.24) is 9.97 Å². The molecule has 164 valence electrons. The van der Waals surface area contributed by atoms with Gasteiger partial charge in [-0.15, -0.1) is 0 Å². The predicted molar refractivity (Wildman–Crippen MR) is 122 cm³/mol. The highest BCUT2D eigenvalue weighted by molar-refractivity contribution is 6.10. The van der Waals surface area contributed by atoms with Crippen molar-refractivity contribution in [3.63, 3.8) is 0 Å². The third-order valence-electron chi connectivity index (χ3n) is 6.73. The van der Waals surface area contributed by atoms with E-state index in [1.165, 1.54) is 50.5 Å². The highest BCUT2D eigenvalue weighted by Gasteiger charge is 2.30. The van der Waals surface area contributed by atoms with Crippen molar-refractivity contribution < 1.29 is 9.53 Å². The van der Waals surface area contributed by atoms with Gasteiger partial charge in [0, 0.05) is 12.2 Å². The first-order valence-electron chi connectivity index (χ1n) is 11.6. The van der Waals surface area contributed by atoms with Gasteiger partial charge in [-0.2, -0.15) is 9.97 Å². The van der Waals surface area contributed by atoms with Crippen LogP contribution in [0.5, 0.6) is 5.88 Å². The van der Waals surface area contributed by atoms with Crippen LogP contribution in [0.2, 0.25) is 0 Å². The van der Waals surface area contributed by atoms with Crippen LogP contribution in [0.4, 0.5) is 17.5 Å². The highest BCUT2D eigenvalue weighted by Crippen LogP contribution is 2.35. The van der Waals surface area contributed by atoms with E-state index in [9.17, 15) is 4.79 Å². The number of hydrogen-bond donors (Lipinski definition) is 2. The molecule has 3 aliphatic rings. The van der Waals surface area contributed by atoms with E-state index in [1.807, 2.05) is 12.1 Å². The molecule has 7 nitrogen and oxygen atoms in total. The van der Waals surface area contributed by atoms with Crippen LogP contribution in [0.1, 0.15) is 73.2 Å². The lowest BCUT2D eigenvalue weighted by Gasteiger charge is -2.24. The molecule has 1 aromatic heterocycles. The van der Waals surface area contributed by atoms with Crippen molar-refractivity contribution in [3.8, 4) is 5.88 Å². The molecule has 31 heavy (non-hydrogen) atoms. The first-order chi connectivity index (χ1) is 15.2. The largest absolute Gasteiger partial charge is 0.475 e. The van der Waals surface area contributed by atoms with Crippen LogP contribution in [0.15, 0.2) is 24.3 Å². The number of nitrogens with two attached hydrogens (primary N) is 1. The van der Waals surface area contributed by atoms with E-state index in [4.69, 9.17) is 10.5 Å². The van der Waals surface area contributed by atoms with E-state index in [0.717, 1.165) is 24.6 Å². The SMILES string of the molecule is Nc1nc(NCCC2CC2)nc2c1C(=O)N(c1ccc(C3CCCCC3)cc1)CCO2. The van der Waals surface area contributed by atoms with Crippen LogP contribution in [0, 0.1) is 5.92 Å². The normalized spacial score (nSPS) is 19.5. The summed E-state index contributed by atoms with van der Waals surface area (Å²) < 4.78 is 5.82. The number of benzene rings is 1. The number of carbonyl (C=O) groups excluding carboxylic acids is 1. The van der Waals surface area contributed by atoms with Crippen LogP contribution in [0.3, 0.4) is 0 Å². The van der Waals surface area contributed by atoms with Gasteiger partial charge in [-0.05, 0) is 48.8 Å². The molecular formula is C24H31N5O2. The second-order valence-electron chi connectivity index (χ2n) is 9.00. The van der Waals surface area contributed by atoms with Crippen LogP contribution in [-0.4, -0.2) is 35.6 Å². The van der Waals surface area contributed by atoms with Crippen LogP contribution < -0.4 is 20.7 Å². The molecule has 1 aromatic carbocycles. The lowest BCUT2D eigenvalue weighted by Crippen LogP contribution is -2.32. The lowest BCUT2D eigenvalue weighted by atomic mass is 9.84. The summed E-state index contributed by atoms with van der Waals surface area (Å²) in [4.78, 5) is 23.8. The first-order valence-corrected chi connectivity index (χ1v) is 11.6. The molecule has 7 heteroatoms. The van der Waals surface area contributed by atoms with Crippen LogP contribution in [0.25, 0.3) is 0 Å². The number of hydrogen-bond acceptors (Lipinski definition) is 6. The maximum atomic E-state index is 13.3. The number of nitrogen functional groups attached to an aromatic ring is 1. The van der Waals surface area contributed by atoms with Crippen molar-refractivity contribution in [3.05, 3.63) is 35.4 Å². The van der Waals surface area contributed by atoms with Gasteiger partial charge >= 0.3 is 0 Å². The molecule has 2 saturated carbocycles. The zero-order chi connectivity index (χ0) is 21.2. The molecule has 2 fully saturated rings. The van der Waals surface area contributed by atoms with Crippen LogP contribution in [-0.2, 0) is 0 Å². The molecule has 2 aromatic rings. The molecule has 0 spiro atoms. The van der Waals surface area contributed by atoms with Gasteiger partial charge in [-0.1, -0.05) is 44.2 Å². The van der Waals surface area contributed by atoms with Crippen molar-refractivity contribution in [2.45, 2.75) is 57.3 Å². The smallest absolute Gasteiger partial charge is 0.267 e. The summed E-state index contributed by atoms with van der Waals surface area (Å²) >= 11 is 0. The van der Waals surface area contributed by atoms with Gasteiger partial charge in [0.25, 0.3) is 5.91 Å². The van der Waals surface area contributed by atoms with Crippen molar-refractivity contribution in [2.75, 3.05) is 35.6 Å². The van der Waals surface area contributed by atoms with E-state index >= 15 is 0 Å². The van der Waals surface area contributed by atoms with E-state index in [1.54, 1.807) is 4.90 Å². The Bertz CT molecular complexity index is 936. The monoisotopic (exact) mass is 421 g/mol. The molecule has 5 rings (SSSR count). The maximum Gasteiger partial charge on any atom is 0.267 e. The number of aromatic nitrogens is 2. The molecule has 3 N–H and O–H groups in total. The molecular weight excluding hydrogens is 390 g/mol. The number of carbonyl (C=O) groups is 1. The molecule has 1 aliphatic heterocycles. The predicted octanol–water partition coefficient (Wildman–Crippen LogP) is 4.36. The summed E-state index contributed by atoms with van der Waals surface area (Å²) in [6, 6.07) is 8.41. The van der Waals surface area contributed by atoms with Crippen molar-refractivity contribution in [2.24, 2.45) is 5.92 Å². The number of rotatable bonds is 6. The fourth-order valence-corrected chi connectivity index (χ4v) is 4.71. The Balaban J connectivity index is 1.33. The van der Waals surface area contributed by atoms with E-state index < -0.39 is 0 Å². The highest BCUT2D eigenvalue weighted by atomic mass is 16.5. The summed E-state index contributed by atoms with van der Waals surface area (Å²) in [7, 11) is 0. The minimum absolute atomic E-state index is 0.162. The second-order valence-corrected chi connectivity index (χ2v) is 9.00. The number of ether oxygens (including phenoxy) is 1. The molecule has 0 bridgehead atoms. The molecule has 0 saturated heterocycles. The number of amides is 1. The summed E-state index contributed by atoms with van der Waals surface area (Å²) in [6.45, 7) is 1.61. The van der Waals surface area contributed by atoms with Gasteiger partial charge in [-0.3, -0.25) is 4.79 Å². The zero-order valence-electron chi connectivity index (χ0n) is 18.0. The zero-order valence-corrected chi connectivity index (χ0v) is 18.0. The van der Waals surface area contributed by atoms with E-state index in [-0.39, 0.29) is 23.2 Å². The summed E-state index contributed by atoms with van der Waals surface area (Å²) in [5.74, 6) is 2.11. The Labute approximate surface area is 183 Å². The van der Waals surface area contributed by atoms with Crippen molar-refractivity contribution in [1.29, 1.82) is 0 Å². The summed E-state index contributed by atoms with van der Waals surface area (Å²) in [6.07, 6.45) is 10.2. The van der Waals surface area contributed by atoms with Gasteiger partial charge in [0.1, 0.15) is 18.0 Å².